The molecule has 0 saturated heterocycles. The normalized spacial score (nSPS) is 11.4. The minimum atomic E-state index is 0.605. The van der Waals surface area contributed by atoms with Crippen molar-refractivity contribution >= 4 is 49.3 Å². The number of rotatable bonds is 4. The van der Waals surface area contributed by atoms with Crippen LogP contribution in [-0.2, 0) is 0 Å². The summed E-state index contributed by atoms with van der Waals surface area (Å²) in [6, 6.07) is 49.7. The van der Waals surface area contributed by atoms with E-state index in [0.717, 1.165) is 55.7 Å². The summed E-state index contributed by atoms with van der Waals surface area (Å²) in [7, 11) is 0. The van der Waals surface area contributed by atoms with Crippen LogP contribution in [0.4, 0.5) is 5.69 Å². The van der Waals surface area contributed by atoms with Crippen molar-refractivity contribution in [3.05, 3.63) is 173 Å². The van der Waals surface area contributed by atoms with Crippen molar-refractivity contribution in [2.75, 3.05) is 0 Å². The Morgan fingerprint density at radius 1 is 0.462 bits per heavy atom. The molecule has 0 aliphatic rings. The lowest BCUT2D eigenvalue weighted by Gasteiger charge is -2.21. The van der Waals surface area contributed by atoms with E-state index in [2.05, 4.69) is 157 Å². The van der Waals surface area contributed by atoms with E-state index in [1.807, 2.05) is 24.3 Å². The first-order valence-corrected chi connectivity index (χ1v) is 17.5. The van der Waals surface area contributed by atoms with Gasteiger partial charge in [0.15, 0.2) is 5.69 Å². The third-order valence-corrected chi connectivity index (χ3v) is 10.4. The SMILES string of the molecule is [C-]#[N+]c1ccc(-c2cc(-c3ccc(C#N)cc3)c(-n3c4ccc(C)cc4c4cc(C)ccc43)cc2-n2c3ccc(C)cc3c3cc(C)ccc32)cc1. The molecule has 0 amide bonds. The lowest BCUT2D eigenvalue weighted by Crippen LogP contribution is -2.04. The average Bonchev–Trinajstić information content (AvgIpc) is 3.65. The maximum atomic E-state index is 9.69. The number of aromatic nitrogens is 2. The van der Waals surface area contributed by atoms with E-state index in [1.54, 1.807) is 0 Å². The number of aryl methyl sites for hydroxylation is 4. The summed E-state index contributed by atoms with van der Waals surface area (Å²) >= 11 is 0. The standard InChI is InChI=1S/C48H34N4/c1-29-6-18-43-39(22-29)40-23-30(2)7-19-44(40)51(43)47-27-48(52-45-20-8-31(3)24-41(45)42-25-32(4)9-21-46(42)52)38(35-14-16-36(50-5)17-15-35)26-37(47)34-12-10-33(28-49)11-13-34/h6-27H,1-4H3. The van der Waals surface area contributed by atoms with Crippen LogP contribution in [-0.4, -0.2) is 9.13 Å². The summed E-state index contributed by atoms with van der Waals surface area (Å²) < 4.78 is 4.82. The highest BCUT2D eigenvalue weighted by atomic mass is 15.0. The van der Waals surface area contributed by atoms with Crippen LogP contribution in [0.25, 0.3) is 82.1 Å². The van der Waals surface area contributed by atoms with Crippen LogP contribution in [0.3, 0.4) is 0 Å². The molecule has 0 unspecified atom stereocenters. The van der Waals surface area contributed by atoms with Gasteiger partial charge in [-0.2, -0.15) is 5.26 Å². The first kappa shape index (κ1) is 31.1. The zero-order chi connectivity index (χ0) is 35.7. The van der Waals surface area contributed by atoms with Crippen LogP contribution < -0.4 is 0 Å². The van der Waals surface area contributed by atoms with E-state index >= 15 is 0 Å². The Kier molecular flexibility index (Phi) is 7.11. The van der Waals surface area contributed by atoms with Crippen molar-refractivity contribution in [2.24, 2.45) is 0 Å². The molecule has 0 N–H and O–H groups in total. The summed E-state index contributed by atoms with van der Waals surface area (Å²) in [5, 5.41) is 14.6. The van der Waals surface area contributed by atoms with Crippen molar-refractivity contribution in [2.45, 2.75) is 27.7 Å². The second-order valence-corrected chi connectivity index (χ2v) is 14.0. The molecule has 7 aromatic carbocycles. The first-order chi connectivity index (χ1) is 25.3. The van der Waals surface area contributed by atoms with Crippen LogP contribution in [0.15, 0.2) is 133 Å². The van der Waals surface area contributed by atoms with Gasteiger partial charge in [-0.3, -0.25) is 0 Å². The molecule has 2 aromatic heterocycles. The minimum Gasteiger partial charge on any atom is -0.309 e. The van der Waals surface area contributed by atoms with Gasteiger partial charge in [0.25, 0.3) is 0 Å². The third kappa shape index (κ3) is 4.89. The largest absolute Gasteiger partial charge is 0.309 e. The van der Waals surface area contributed by atoms with Gasteiger partial charge in [-0.25, -0.2) is 4.85 Å². The van der Waals surface area contributed by atoms with Gasteiger partial charge in [-0.1, -0.05) is 82.9 Å². The van der Waals surface area contributed by atoms with Gasteiger partial charge in [-0.15, -0.1) is 0 Å². The monoisotopic (exact) mass is 666 g/mol. The molecule has 0 spiro atoms. The van der Waals surface area contributed by atoms with Gasteiger partial charge in [0.1, 0.15) is 0 Å². The van der Waals surface area contributed by atoms with Crippen LogP contribution in [0.5, 0.6) is 0 Å². The zero-order valence-electron chi connectivity index (χ0n) is 29.5. The van der Waals surface area contributed by atoms with Crippen molar-refractivity contribution in [3.8, 4) is 39.7 Å². The highest BCUT2D eigenvalue weighted by molar-refractivity contribution is 6.12. The number of benzene rings is 7. The predicted molar refractivity (Wildman–Crippen MR) is 216 cm³/mol. The Morgan fingerprint density at radius 2 is 0.827 bits per heavy atom. The van der Waals surface area contributed by atoms with Gasteiger partial charge in [0.05, 0.1) is 51.6 Å². The minimum absolute atomic E-state index is 0.605. The van der Waals surface area contributed by atoms with Crippen LogP contribution in [0, 0.1) is 45.6 Å². The predicted octanol–water partition coefficient (Wildman–Crippen LogP) is 12.9. The second-order valence-electron chi connectivity index (χ2n) is 14.0. The summed E-state index contributed by atoms with van der Waals surface area (Å²) in [4.78, 5) is 3.69. The Morgan fingerprint density at radius 3 is 1.17 bits per heavy atom. The molecule has 0 bridgehead atoms. The summed E-state index contributed by atoms with van der Waals surface area (Å²) in [5.74, 6) is 0. The number of fused-ring (bicyclic) bond motifs is 6. The van der Waals surface area contributed by atoms with E-state index in [4.69, 9.17) is 6.57 Å². The molecular formula is C48H34N4. The highest BCUT2D eigenvalue weighted by Crippen LogP contribution is 2.44. The molecule has 52 heavy (non-hydrogen) atoms. The lowest BCUT2D eigenvalue weighted by molar-refractivity contribution is 1.13. The zero-order valence-corrected chi connectivity index (χ0v) is 29.5. The summed E-state index contributed by atoms with van der Waals surface area (Å²) in [5.41, 5.74) is 16.9. The Hall–Kier alpha value is -6.88. The van der Waals surface area contributed by atoms with Gasteiger partial charge in [0, 0.05) is 32.7 Å². The van der Waals surface area contributed by atoms with E-state index in [1.165, 1.54) is 43.8 Å². The second kappa shape index (κ2) is 11.9. The van der Waals surface area contributed by atoms with Crippen LogP contribution in [0.2, 0.25) is 0 Å². The topological polar surface area (TPSA) is 38.0 Å². The van der Waals surface area contributed by atoms with Crippen molar-refractivity contribution in [1.29, 1.82) is 5.26 Å². The van der Waals surface area contributed by atoms with E-state index in [-0.39, 0.29) is 0 Å². The number of nitrogens with zero attached hydrogens (tertiary/aromatic N) is 4. The highest BCUT2D eigenvalue weighted by Gasteiger charge is 2.23. The number of nitriles is 1. The molecule has 4 heteroatoms. The van der Waals surface area contributed by atoms with Gasteiger partial charge in [-0.05, 0) is 112 Å². The van der Waals surface area contributed by atoms with E-state index < -0.39 is 0 Å². The van der Waals surface area contributed by atoms with E-state index in [0.29, 0.717) is 11.3 Å². The molecule has 0 aliphatic heterocycles. The molecule has 246 valence electrons. The maximum Gasteiger partial charge on any atom is 0.187 e. The quantitative estimate of drug-likeness (QED) is 0.172. The van der Waals surface area contributed by atoms with Crippen molar-refractivity contribution < 1.29 is 0 Å². The smallest absolute Gasteiger partial charge is 0.187 e. The molecule has 0 radical (unpaired) electrons. The first-order valence-electron chi connectivity index (χ1n) is 17.5. The molecule has 9 rings (SSSR count). The molecule has 9 aromatic rings. The van der Waals surface area contributed by atoms with Gasteiger partial charge >= 0.3 is 0 Å². The number of hydrogen-bond acceptors (Lipinski definition) is 1. The fraction of sp³-hybridized carbons (Fsp3) is 0.0833. The third-order valence-electron chi connectivity index (χ3n) is 10.4. The molecule has 0 fully saturated rings. The Bertz CT molecular complexity index is 2670. The van der Waals surface area contributed by atoms with E-state index in [9.17, 15) is 5.26 Å². The molecular weight excluding hydrogens is 633 g/mol. The fourth-order valence-electron chi connectivity index (χ4n) is 7.87. The lowest BCUT2D eigenvalue weighted by atomic mass is 9.94. The van der Waals surface area contributed by atoms with Gasteiger partial charge < -0.3 is 9.13 Å². The van der Waals surface area contributed by atoms with Crippen LogP contribution in [0.1, 0.15) is 27.8 Å². The maximum absolute atomic E-state index is 9.69. The van der Waals surface area contributed by atoms with Crippen molar-refractivity contribution in [1.82, 2.24) is 9.13 Å². The molecule has 0 saturated carbocycles. The summed E-state index contributed by atoms with van der Waals surface area (Å²) in [6.45, 7) is 16.2. The molecule has 0 aliphatic carbocycles. The Labute approximate surface area is 302 Å². The Balaban J connectivity index is 1.48. The average molecular weight is 667 g/mol. The molecule has 4 nitrogen and oxygen atoms in total. The van der Waals surface area contributed by atoms with Crippen molar-refractivity contribution in [3.63, 3.8) is 0 Å². The number of hydrogen-bond donors (Lipinski definition) is 0. The summed E-state index contributed by atoms with van der Waals surface area (Å²) in [6.07, 6.45) is 0. The van der Waals surface area contributed by atoms with Gasteiger partial charge in [0.2, 0.25) is 0 Å². The van der Waals surface area contributed by atoms with Crippen LogP contribution >= 0.6 is 0 Å². The fourth-order valence-corrected chi connectivity index (χ4v) is 7.87. The molecule has 2 heterocycles. The molecule has 0 atom stereocenters.